The lowest BCUT2D eigenvalue weighted by molar-refractivity contribution is -0.139. The number of sulfonamides is 1. The number of ether oxygens (including phenoxy) is 1. The van der Waals surface area contributed by atoms with E-state index in [1.165, 1.54) is 24.1 Å². The number of anilines is 1. The largest absolute Gasteiger partial charge is 0.497 e. The van der Waals surface area contributed by atoms with Crippen LogP contribution in [0.3, 0.4) is 0 Å². The predicted molar refractivity (Wildman–Crippen MR) is 161 cm³/mol. The van der Waals surface area contributed by atoms with Crippen LogP contribution in [0.4, 0.5) is 5.69 Å². The standard InChI is InChI=1S/C31H36ClN3O5S/c1-23(31(37)33-26-10-6-7-11-26)34(21-20-24-8-4-3-5-9-24)30(36)22-35(27-14-12-25(32)13-15-27)41(38,39)29-18-16-28(40-2)17-19-29/h3-5,8-9,12-19,23,26H,6-7,10-11,20-22H2,1-2H3,(H,33,37)/t23-/m1/s1. The summed E-state index contributed by atoms with van der Waals surface area (Å²) in [6, 6.07) is 21.2. The van der Waals surface area contributed by atoms with Gasteiger partial charge in [-0.25, -0.2) is 8.42 Å². The zero-order valence-electron chi connectivity index (χ0n) is 23.3. The monoisotopic (exact) mass is 597 g/mol. The summed E-state index contributed by atoms with van der Waals surface area (Å²) in [6.45, 7) is 1.45. The van der Waals surface area contributed by atoms with Gasteiger partial charge < -0.3 is 15.0 Å². The highest BCUT2D eigenvalue weighted by Crippen LogP contribution is 2.27. The topological polar surface area (TPSA) is 96.0 Å². The molecule has 0 saturated heterocycles. The average molecular weight is 598 g/mol. The van der Waals surface area contributed by atoms with Crippen LogP contribution in [-0.4, -0.2) is 57.4 Å². The number of benzene rings is 3. The molecule has 1 atom stereocenters. The van der Waals surface area contributed by atoms with E-state index in [1.807, 2.05) is 30.3 Å². The molecule has 1 saturated carbocycles. The average Bonchev–Trinajstić information content (AvgIpc) is 3.50. The normalized spacial score (nSPS) is 14.3. The predicted octanol–water partition coefficient (Wildman–Crippen LogP) is 5.06. The minimum absolute atomic E-state index is 0.00362. The zero-order valence-corrected chi connectivity index (χ0v) is 24.9. The Morgan fingerprint density at radius 3 is 2.22 bits per heavy atom. The lowest BCUT2D eigenvalue weighted by Crippen LogP contribution is -2.53. The molecule has 1 N–H and O–H groups in total. The van der Waals surface area contributed by atoms with Crippen LogP contribution in [0.1, 0.15) is 38.2 Å². The number of nitrogens with one attached hydrogen (secondary N) is 1. The first-order valence-corrected chi connectivity index (χ1v) is 15.6. The van der Waals surface area contributed by atoms with E-state index < -0.39 is 28.5 Å². The second kappa shape index (κ2) is 13.9. The van der Waals surface area contributed by atoms with E-state index >= 15 is 0 Å². The van der Waals surface area contributed by atoms with E-state index in [2.05, 4.69) is 5.32 Å². The van der Waals surface area contributed by atoms with Crippen molar-refractivity contribution in [1.82, 2.24) is 10.2 Å². The zero-order chi connectivity index (χ0) is 29.4. The molecular weight excluding hydrogens is 562 g/mol. The summed E-state index contributed by atoms with van der Waals surface area (Å²) in [5, 5.41) is 3.51. The quantitative estimate of drug-likeness (QED) is 0.315. The third kappa shape index (κ3) is 7.80. The van der Waals surface area contributed by atoms with Gasteiger partial charge in [-0.3, -0.25) is 13.9 Å². The van der Waals surface area contributed by atoms with Crippen molar-refractivity contribution in [3.8, 4) is 5.75 Å². The number of rotatable bonds is 12. The maximum absolute atomic E-state index is 14.0. The fourth-order valence-electron chi connectivity index (χ4n) is 4.97. The van der Waals surface area contributed by atoms with E-state index in [9.17, 15) is 18.0 Å². The van der Waals surface area contributed by atoms with Crippen molar-refractivity contribution in [2.75, 3.05) is 24.5 Å². The highest BCUT2D eigenvalue weighted by atomic mass is 35.5. The van der Waals surface area contributed by atoms with Crippen LogP contribution in [0.15, 0.2) is 83.8 Å². The SMILES string of the molecule is COc1ccc(S(=O)(=O)N(CC(=O)N(CCc2ccccc2)[C@H](C)C(=O)NC2CCCC2)c2ccc(Cl)cc2)cc1. The van der Waals surface area contributed by atoms with E-state index in [-0.39, 0.29) is 29.1 Å². The second-order valence-electron chi connectivity index (χ2n) is 10.2. The Balaban J connectivity index is 1.64. The first-order valence-electron chi connectivity index (χ1n) is 13.7. The van der Waals surface area contributed by atoms with Crippen LogP contribution in [0.5, 0.6) is 5.75 Å². The van der Waals surface area contributed by atoms with E-state index in [1.54, 1.807) is 43.3 Å². The summed E-state index contributed by atoms with van der Waals surface area (Å²) >= 11 is 6.08. The molecule has 0 heterocycles. The fourth-order valence-corrected chi connectivity index (χ4v) is 6.51. The van der Waals surface area contributed by atoms with Gasteiger partial charge >= 0.3 is 0 Å². The number of hydrogen-bond donors (Lipinski definition) is 1. The molecule has 4 rings (SSSR count). The van der Waals surface area contributed by atoms with Gasteiger partial charge in [0, 0.05) is 17.6 Å². The number of carbonyl (C=O) groups is 2. The van der Waals surface area contributed by atoms with Gasteiger partial charge in [-0.15, -0.1) is 0 Å². The van der Waals surface area contributed by atoms with Crippen LogP contribution in [0.2, 0.25) is 5.02 Å². The molecule has 0 unspecified atom stereocenters. The Morgan fingerprint density at radius 1 is 0.976 bits per heavy atom. The van der Waals surface area contributed by atoms with Crippen molar-refractivity contribution < 1.29 is 22.7 Å². The van der Waals surface area contributed by atoms with E-state index in [4.69, 9.17) is 16.3 Å². The summed E-state index contributed by atoms with van der Waals surface area (Å²) in [6.07, 6.45) is 4.48. The van der Waals surface area contributed by atoms with Crippen molar-refractivity contribution >= 4 is 39.1 Å². The molecular formula is C31H36ClN3O5S. The third-order valence-electron chi connectivity index (χ3n) is 7.39. The van der Waals surface area contributed by atoms with Crippen LogP contribution in [-0.2, 0) is 26.0 Å². The van der Waals surface area contributed by atoms with Gasteiger partial charge in [-0.1, -0.05) is 54.8 Å². The summed E-state index contributed by atoms with van der Waals surface area (Å²) in [5.74, 6) is -0.219. The maximum atomic E-state index is 14.0. The highest BCUT2D eigenvalue weighted by Gasteiger charge is 2.33. The van der Waals surface area contributed by atoms with Gasteiger partial charge in [-0.05, 0) is 80.3 Å². The first-order chi connectivity index (χ1) is 19.7. The number of nitrogens with zero attached hydrogens (tertiary/aromatic N) is 2. The smallest absolute Gasteiger partial charge is 0.264 e. The minimum Gasteiger partial charge on any atom is -0.497 e. The summed E-state index contributed by atoms with van der Waals surface area (Å²) in [4.78, 5) is 28.7. The Labute approximate surface area is 247 Å². The Hall–Kier alpha value is -3.56. The third-order valence-corrected chi connectivity index (χ3v) is 9.43. The molecule has 3 aromatic rings. The molecule has 0 aromatic heterocycles. The van der Waals surface area contributed by atoms with Crippen LogP contribution >= 0.6 is 11.6 Å². The van der Waals surface area contributed by atoms with Crippen molar-refractivity contribution in [2.45, 2.75) is 56.0 Å². The van der Waals surface area contributed by atoms with E-state index in [0.717, 1.165) is 35.6 Å². The van der Waals surface area contributed by atoms with Gasteiger partial charge in [0.05, 0.1) is 17.7 Å². The molecule has 2 amide bonds. The molecule has 3 aromatic carbocycles. The summed E-state index contributed by atoms with van der Waals surface area (Å²) in [5.41, 5.74) is 1.29. The molecule has 0 bridgehead atoms. The molecule has 1 fully saturated rings. The number of carbonyl (C=O) groups excluding carboxylic acids is 2. The number of halogens is 1. The van der Waals surface area contributed by atoms with Crippen molar-refractivity contribution in [2.24, 2.45) is 0 Å². The van der Waals surface area contributed by atoms with Crippen LogP contribution in [0, 0.1) is 0 Å². The van der Waals surface area contributed by atoms with Gasteiger partial charge in [0.1, 0.15) is 18.3 Å². The second-order valence-corrected chi connectivity index (χ2v) is 12.5. The number of amides is 2. The molecule has 218 valence electrons. The van der Waals surface area contributed by atoms with E-state index in [0.29, 0.717) is 17.2 Å². The Bertz CT molecular complexity index is 1410. The first kappa shape index (κ1) is 30.4. The molecule has 41 heavy (non-hydrogen) atoms. The van der Waals surface area contributed by atoms with Gasteiger partial charge in [0.15, 0.2) is 0 Å². The van der Waals surface area contributed by atoms with Gasteiger partial charge in [0.2, 0.25) is 11.8 Å². The number of hydrogen-bond acceptors (Lipinski definition) is 5. The molecule has 0 aliphatic heterocycles. The van der Waals surface area contributed by atoms with Gasteiger partial charge in [0.25, 0.3) is 10.0 Å². The molecule has 8 nitrogen and oxygen atoms in total. The number of methoxy groups -OCH3 is 1. The van der Waals surface area contributed by atoms with Gasteiger partial charge in [-0.2, -0.15) is 0 Å². The molecule has 10 heteroatoms. The van der Waals surface area contributed by atoms with Crippen molar-refractivity contribution in [3.05, 3.63) is 89.4 Å². The summed E-state index contributed by atoms with van der Waals surface area (Å²) in [7, 11) is -2.67. The molecule has 1 aliphatic rings. The molecule has 1 aliphatic carbocycles. The van der Waals surface area contributed by atoms with Crippen molar-refractivity contribution in [1.29, 1.82) is 0 Å². The maximum Gasteiger partial charge on any atom is 0.264 e. The van der Waals surface area contributed by atoms with Crippen LogP contribution in [0.25, 0.3) is 0 Å². The molecule has 0 spiro atoms. The lowest BCUT2D eigenvalue weighted by atomic mass is 10.1. The molecule has 0 radical (unpaired) electrons. The minimum atomic E-state index is -4.17. The lowest BCUT2D eigenvalue weighted by Gasteiger charge is -2.32. The highest BCUT2D eigenvalue weighted by molar-refractivity contribution is 7.92. The van der Waals surface area contributed by atoms with Crippen LogP contribution < -0.4 is 14.4 Å². The van der Waals surface area contributed by atoms with Crippen molar-refractivity contribution in [3.63, 3.8) is 0 Å². The Kier molecular flexibility index (Phi) is 10.3. The fraction of sp³-hybridized carbons (Fsp3) is 0.355. The summed E-state index contributed by atoms with van der Waals surface area (Å²) < 4.78 is 34.0. The Morgan fingerprint density at radius 2 is 1.61 bits per heavy atom.